The first-order valence-corrected chi connectivity index (χ1v) is 8.57. The van der Waals surface area contributed by atoms with Crippen LogP contribution in [0.25, 0.3) is 0 Å². The van der Waals surface area contributed by atoms with Gasteiger partial charge in [0.15, 0.2) is 4.34 Å². The first-order chi connectivity index (χ1) is 11.0. The van der Waals surface area contributed by atoms with Crippen LogP contribution >= 0.6 is 23.1 Å². The van der Waals surface area contributed by atoms with Gasteiger partial charge in [-0.05, 0) is 12.1 Å². The molecule has 122 valence electrons. The number of nitrogens with zero attached hydrogens (tertiary/aromatic N) is 2. The third-order valence-corrected chi connectivity index (χ3v) is 4.61. The maximum Gasteiger partial charge on any atom is 0.234 e. The van der Waals surface area contributed by atoms with Crippen LogP contribution < -0.4 is 10.6 Å². The SMILES string of the molecule is CC(C)C(=O)Nc1nnc(SCC(=O)Nc2ccccc2F)s1. The van der Waals surface area contributed by atoms with Crippen LogP contribution in [0.4, 0.5) is 15.2 Å². The molecule has 0 aliphatic heterocycles. The first-order valence-electron chi connectivity index (χ1n) is 6.77. The fourth-order valence-corrected chi connectivity index (χ4v) is 3.00. The van der Waals surface area contributed by atoms with E-state index in [9.17, 15) is 14.0 Å². The fraction of sp³-hybridized carbons (Fsp3) is 0.286. The van der Waals surface area contributed by atoms with E-state index in [0.717, 1.165) is 0 Å². The van der Waals surface area contributed by atoms with Crippen molar-refractivity contribution >= 4 is 45.7 Å². The summed E-state index contributed by atoms with van der Waals surface area (Å²) in [5.41, 5.74) is 0.139. The quantitative estimate of drug-likeness (QED) is 0.615. The Labute approximate surface area is 140 Å². The molecule has 0 aliphatic rings. The molecule has 0 saturated carbocycles. The van der Waals surface area contributed by atoms with Crippen LogP contribution in [0.5, 0.6) is 0 Å². The minimum Gasteiger partial charge on any atom is -0.323 e. The zero-order chi connectivity index (χ0) is 16.8. The predicted octanol–water partition coefficient (Wildman–Crippen LogP) is 3.00. The van der Waals surface area contributed by atoms with Gasteiger partial charge in [-0.1, -0.05) is 49.1 Å². The van der Waals surface area contributed by atoms with Gasteiger partial charge in [0, 0.05) is 5.92 Å². The lowest BCUT2D eigenvalue weighted by Crippen LogP contribution is -2.17. The molecule has 0 bridgehead atoms. The summed E-state index contributed by atoms with van der Waals surface area (Å²) in [4.78, 5) is 23.3. The second kappa shape index (κ2) is 8.02. The van der Waals surface area contributed by atoms with Gasteiger partial charge in [-0.25, -0.2) is 4.39 Å². The Morgan fingerprint density at radius 1 is 1.26 bits per heavy atom. The minimum atomic E-state index is -0.486. The smallest absolute Gasteiger partial charge is 0.234 e. The number of rotatable bonds is 6. The fourth-order valence-electron chi connectivity index (χ4n) is 1.44. The van der Waals surface area contributed by atoms with Gasteiger partial charge in [0.2, 0.25) is 16.9 Å². The molecule has 0 saturated heterocycles. The maximum absolute atomic E-state index is 13.4. The Kier molecular flexibility index (Phi) is 6.05. The molecular weight excluding hydrogens is 339 g/mol. The van der Waals surface area contributed by atoms with Crippen molar-refractivity contribution in [1.82, 2.24) is 10.2 Å². The van der Waals surface area contributed by atoms with Crippen molar-refractivity contribution in [2.75, 3.05) is 16.4 Å². The predicted molar refractivity (Wildman–Crippen MR) is 89.1 cm³/mol. The molecule has 1 aromatic carbocycles. The van der Waals surface area contributed by atoms with Crippen molar-refractivity contribution in [1.29, 1.82) is 0 Å². The highest BCUT2D eigenvalue weighted by molar-refractivity contribution is 8.01. The number of halogens is 1. The topological polar surface area (TPSA) is 84.0 Å². The molecule has 0 atom stereocenters. The molecule has 23 heavy (non-hydrogen) atoms. The monoisotopic (exact) mass is 354 g/mol. The van der Waals surface area contributed by atoms with E-state index < -0.39 is 5.82 Å². The van der Waals surface area contributed by atoms with E-state index >= 15 is 0 Å². The summed E-state index contributed by atoms with van der Waals surface area (Å²) in [6, 6.07) is 5.95. The van der Waals surface area contributed by atoms with Gasteiger partial charge in [-0.2, -0.15) is 0 Å². The standard InChI is InChI=1S/C14H15FN4O2S2/c1-8(2)12(21)17-13-18-19-14(23-13)22-7-11(20)16-10-6-4-3-5-9(10)15/h3-6,8H,7H2,1-2H3,(H,16,20)(H,17,18,21). The maximum atomic E-state index is 13.4. The molecule has 0 fully saturated rings. The molecule has 9 heteroatoms. The van der Waals surface area contributed by atoms with E-state index in [-0.39, 0.29) is 29.2 Å². The molecule has 1 aromatic heterocycles. The summed E-state index contributed by atoms with van der Waals surface area (Å²) < 4.78 is 14.0. The Bertz CT molecular complexity index is 706. The van der Waals surface area contributed by atoms with Crippen molar-refractivity contribution in [2.24, 2.45) is 5.92 Å². The van der Waals surface area contributed by atoms with Crippen molar-refractivity contribution in [3.05, 3.63) is 30.1 Å². The largest absolute Gasteiger partial charge is 0.323 e. The van der Waals surface area contributed by atoms with Gasteiger partial charge in [-0.3, -0.25) is 9.59 Å². The number of para-hydroxylation sites is 1. The van der Waals surface area contributed by atoms with E-state index in [1.807, 2.05) is 0 Å². The lowest BCUT2D eigenvalue weighted by molar-refractivity contribution is -0.119. The highest BCUT2D eigenvalue weighted by atomic mass is 32.2. The number of amides is 2. The van der Waals surface area contributed by atoms with Crippen LogP contribution in [0.15, 0.2) is 28.6 Å². The van der Waals surface area contributed by atoms with Crippen LogP contribution in [0, 0.1) is 11.7 Å². The molecule has 1 heterocycles. The van der Waals surface area contributed by atoms with E-state index in [4.69, 9.17) is 0 Å². The van der Waals surface area contributed by atoms with Crippen molar-refractivity contribution in [3.8, 4) is 0 Å². The lowest BCUT2D eigenvalue weighted by atomic mass is 10.2. The molecule has 2 aromatic rings. The molecule has 2 amide bonds. The lowest BCUT2D eigenvalue weighted by Gasteiger charge is -2.04. The van der Waals surface area contributed by atoms with E-state index in [1.54, 1.807) is 26.0 Å². The van der Waals surface area contributed by atoms with Crippen LogP contribution in [0.1, 0.15) is 13.8 Å². The van der Waals surface area contributed by atoms with Gasteiger partial charge >= 0.3 is 0 Å². The van der Waals surface area contributed by atoms with Crippen LogP contribution in [0.2, 0.25) is 0 Å². The number of hydrogen-bond acceptors (Lipinski definition) is 6. The van der Waals surface area contributed by atoms with Crippen molar-refractivity contribution < 1.29 is 14.0 Å². The third-order valence-electron chi connectivity index (χ3n) is 2.64. The Hall–Kier alpha value is -2.00. The van der Waals surface area contributed by atoms with Gasteiger partial charge in [0.25, 0.3) is 0 Å². The van der Waals surface area contributed by atoms with Crippen molar-refractivity contribution in [2.45, 2.75) is 18.2 Å². The number of thioether (sulfide) groups is 1. The average molecular weight is 354 g/mol. The normalized spacial score (nSPS) is 10.6. The third kappa shape index (κ3) is 5.29. The number of carbonyl (C=O) groups excluding carboxylic acids is 2. The van der Waals surface area contributed by atoms with Gasteiger partial charge in [0.05, 0.1) is 11.4 Å². The molecule has 0 aliphatic carbocycles. The van der Waals surface area contributed by atoms with Gasteiger partial charge in [-0.15, -0.1) is 10.2 Å². The number of carbonyl (C=O) groups is 2. The first kappa shape index (κ1) is 17.4. The van der Waals surface area contributed by atoms with E-state index in [1.165, 1.54) is 35.2 Å². The summed E-state index contributed by atoms with van der Waals surface area (Å²) in [5.74, 6) is -1.05. The highest BCUT2D eigenvalue weighted by Crippen LogP contribution is 2.26. The summed E-state index contributed by atoms with van der Waals surface area (Å²) in [7, 11) is 0. The van der Waals surface area contributed by atoms with Crippen LogP contribution in [0.3, 0.4) is 0 Å². The highest BCUT2D eigenvalue weighted by Gasteiger charge is 2.13. The minimum absolute atomic E-state index is 0.0705. The molecule has 6 nitrogen and oxygen atoms in total. The zero-order valence-corrected chi connectivity index (χ0v) is 14.1. The average Bonchev–Trinajstić information content (AvgIpc) is 2.95. The van der Waals surface area contributed by atoms with E-state index in [2.05, 4.69) is 20.8 Å². The Morgan fingerprint density at radius 3 is 2.70 bits per heavy atom. The summed E-state index contributed by atoms with van der Waals surface area (Å²) in [6.45, 7) is 3.55. The second-order valence-corrected chi connectivity index (χ2v) is 7.03. The van der Waals surface area contributed by atoms with E-state index in [0.29, 0.717) is 9.47 Å². The summed E-state index contributed by atoms with van der Waals surface area (Å²) in [6.07, 6.45) is 0. The number of aromatic nitrogens is 2. The number of nitrogens with one attached hydrogen (secondary N) is 2. The molecule has 2 rings (SSSR count). The van der Waals surface area contributed by atoms with Crippen LogP contribution in [-0.2, 0) is 9.59 Å². The Balaban J connectivity index is 1.84. The number of benzene rings is 1. The van der Waals surface area contributed by atoms with Gasteiger partial charge < -0.3 is 10.6 Å². The Morgan fingerprint density at radius 2 is 2.00 bits per heavy atom. The molecule has 0 unspecified atom stereocenters. The van der Waals surface area contributed by atoms with Gasteiger partial charge in [0.1, 0.15) is 5.82 Å². The zero-order valence-electron chi connectivity index (χ0n) is 12.5. The molecule has 2 N–H and O–H groups in total. The second-order valence-electron chi connectivity index (χ2n) is 4.83. The number of anilines is 2. The summed E-state index contributed by atoms with van der Waals surface area (Å²) in [5, 5.41) is 13.2. The summed E-state index contributed by atoms with van der Waals surface area (Å²) >= 11 is 2.35. The van der Waals surface area contributed by atoms with Crippen molar-refractivity contribution in [3.63, 3.8) is 0 Å². The molecule has 0 spiro atoms. The van der Waals surface area contributed by atoms with Crippen LogP contribution in [-0.4, -0.2) is 27.8 Å². The number of hydrogen-bond donors (Lipinski definition) is 2. The molecular formula is C14H15FN4O2S2. The molecule has 0 radical (unpaired) electrons.